The van der Waals surface area contributed by atoms with Crippen LogP contribution >= 0.6 is 0 Å². The largest absolute Gasteiger partial charge is 0.403 e. The highest BCUT2D eigenvalue weighted by atomic mass is 32.2. The van der Waals surface area contributed by atoms with E-state index in [9.17, 15) is 17.6 Å². The molecule has 0 atom stereocenters. The van der Waals surface area contributed by atoms with Gasteiger partial charge in [0.15, 0.2) is 0 Å². The van der Waals surface area contributed by atoms with Crippen molar-refractivity contribution in [2.24, 2.45) is 0 Å². The summed E-state index contributed by atoms with van der Waals surface area (Å²) in [6.45, 7) is 1.02. The van der Waals surface area contributed by atoms with Crippen LogP contribution in [0.1, 0.15) is 23.2 Å². The fourth-order valence-corrected chi connectivity index (χ4v) is 4.53. The fourth-order valence-electron chi connectivity index (χ4n) is 3.01. The molecule has 0 aliphatic carbocycles. The van der Waals surface area contributed by atoms with Crippen LogP contribution in [-0.2, 0) is 10.0 Å². The summed E-state index contributed by atoms with van der Waals surface area (Å²) < 4.78 is 44.9. The van der Waals surface area contributed by atoms with Gasteiger partial charge in [-0.3, -0.25) is 10.1 Å². The third-order valence-electron chi connectivity index (χ3n) is 4.56. The van der Waals surface area contributed by atoms with Gasteiger partial charge in [-0.2, -0.15) is 4.31 Å². The molecule has 10 heteroatoms. The van der Waals surface area contributed by atoms with Crippen LogP contribution in [0.25, 0.3) is 11.5 Å². The predicted molar refractivity (Wildman–Crippen MR) is 102 cm³/mol. The van der Waals surface area contributed by atoms with E-state index in [1.165, 1.54) is 52.8 Å². The van der Waals surface area contributed by atoms with Crippen LogP contribution in [0.15, 0.2) is 57.8 Å². The van der Waals surface area contributed by atoms with Crippen molar-refractivity contribution in [2.75, 3.05) is 18.4 Å². The molecule has 0 bridgehead atoms. The number of benzene rings is 2. The first-order chi connectivity index (χ1) is 13.9. The number of carbonyl (C=O) groups is 1. The molecule has 1 fully saturated rings. The second-order valence-electron chi connectivity index (χ2n) is 6.51. The first-order valence-electron chi connectivity index (χ1n) is 8.94. The molecule has 1 aliphatic rings. The molecule has 2 heterocycles. The number of nitrogens with one attached hydrogen (secondary N) is 1. The molecular weight excluding hydrogens is 399 g/mol. The number of carbonyl (C=O) groups excluding carboxylic acids is 1. The number of aromatic nitrogens is 2. The van der Waals surface area contributed by atoms with Crippen molar-refractivity contribution in [3.63, 3.8) is 0 Å². The molecule has 0 spiro atoms. The summed E-state index contributed by atoms with van der Waals surface area (Å²) >= 11 is 0. The average molecular weight is 416 g/mol. The second kappa shape index (κ2) is 7.72. The SMILES string of the molecule is O=C(Nc1nnc(-c2ccc(F)cc2)o1)c1ccc(S(=O)(=O)N2CCCC2)cc1. The van der Waals surface area contributed by atoms with E-state index >= 15 is 0 Å². The number of nitrogens with zero attached hydrogens (tertiary/aromatic N) is 3. The van der Waals surface area contributed by atoms with Gasteiger partial charge < -0.3 is 4.42 Å². The van der Waals surface area contributed by atoms with Gasteiger partial charge in [0, 0.05) is 24.2 Å². The quantitative estimate of drug-likeness (QED) is 0.686. The Morgan fingerprint density at radius 3 is 2.31 bits per heavy atom. The number of halogens is 1. The monoisotopic (exact) mass is 416 g/mol. The van der Waals surface area contributed by atoms with E-state index < -0.39 is 21.7 Å². The molecule has 1 aromatic heterocycles. The highest BCUT2D eigenvalue weighted by Gasteiger charge is 2.27. The van der Waals surface area contributed by atoms with E-state index in [2.05, 4.69) is 15.5 Å². The van der Waals surface area contributed by atoms with Crippen LogP contribution < -0.4 is 5.32 Å². The van der Waals surface area contributed by atoms with Crippen molar-refractivity contribution in [3.05, 3.63) is 59.9 Å². The van der Waals surface area contributed by atoms with Crippen molar-refractivity contribution in [1.82, 2.24) is 14.5 Å². The zero-order valence-corrected chi connectivity index (χ0v) is 16.0. The number of anilines is 1. The first-order valence-corrected chi connectivity index (χ1v) is 10.4. The molecule has 1 aliphatic heterocycles. The highest BCUT2D eigenvalue weighted by Crippen LogP contribution is 2.22. The summed E-state index contributed by atoms with van der Waals surface area (Å²) in [6.07, 6.45) is 1.70. The standard InChI is InChI=1S/C19H17FN4O4S/c20-15-7-3-14(4-8-15)18-22-23-19(28-18)21-17(25)13-5-9-16(10-6-13)29(26,27)24-11-1-2-12-24/h3-10H,1-2,11-12H2,(H,21,23,25). The van der Waals surface area contributed by atoms with Crippen LogP contribution in [0.2, 0.25) is 0 Å². The van der Waals surface area contributed by atoms with Gasteiger partial charge in [0.25, 0.3) is 5.91 Å². The molecule has 0 unspecified atom stereocenters. The Morgan fingerprint density at radius 2 is 1.66 bits per heavy atom. The normalized spacial score (nSPS) is 14.8. The van der Waals surface area contributed by atoms with Crippen LogP contribution in [-0.4, -0.2) is 41.9 Å². The van der Waals surface area contributed by atoms with Crippen molar-refractivity contribution < 1.29 is 22.0 Å². The second-order valence-corrected chi connectivity index (χ2v) is 8.45. The van der Waals surface area contributed by atoms with Crippen molar-refractivity contribution in [3.8, 4) is 11.5 Å². The van der Waals surface area contributed by atoms with E-state index in [0.717, 1.165) is 12.8 Å². The summed E-state index contributed by atoms with van der Waals surface area (Å²) in [7, 11) is -3.54. The molecule has 1 amide bonds. The van der Waals surface area contributed by atoms with E-state index in [0.29, 0.717) is 18.7 Å². The van der Waals surface area contributed by atoms with Crippen molar-refractivity contribution in [1.29, 1.82) is 0 Å². The summed E-state index contributed by atoms with van der Waals surface area (Å²) in [5, 5.41) is 10.0. The Morgan fingerprint density at radius 1 is 1.00 bits per heavy atom. The number of hydrogen-bond donors (Lipinski definition) is 1. The average Bonchev–Trinajstić information content (AvgIpc) is 3.41. The topological polar surface area (TPSA) is 105 Å². The number of amides is 1. The third-order valence-corrected chi connectivity index (χ3v) is 6.47. The summed E-state index contributed by atoms with van der Waals surface area (Å²) in [6, 6.07) is 11.0. The molecule has 150 valence electrons. The molecule has 3 aromatic rings. The Balaban J connectivity index is 1.46. The smallest absolute Gasteiger partial charge is 0.322 e. The Bertz CT molecular complexity index is 1120. The van der Waals surface area contributed by atoms with Gasteiger partial charge in [-0.1, -0.05) is 5.10 Å². The minimum Gasteiger partial charge on any atom is -0.403 e. The lowest BCUT2D eigenvalue weighted by Crippen LogP contribution is -2.27. The lowest BCUT2D eigenvalue weighted by molar-refractivity contribution is 0.102. The minimum absolute atomic E-state index is 0.122. The number of sulfonamides is 1. The molecule has 8 nitrogen and oxygen atoms in total. The van der Waals surface area contributed by atoms with Gasteiger partial charge in [0.05, 0.1) is 4.90 Å². The van der Waals surface area contributed by atoms with E-state index in [4.69, 9.17) is 4.42 Å². The molecule has 1 saturated heterocycles. The molecule has 29 heavy (non-hydrogen) atoms. The fraction of sp³-hybridized carbons (Fsp3) is 0.211. The van der Waals surface area contributed by atoms with Gasteiger partial charge in [-0.05, 0) is 61.4 Å². The van der Waals surface area contributed by atoms with Crippen LogP contribution in [0.4, 0.5) is 10.4 Å². The van der Waals surface area contributed by atoms with Crippen LogP contribution in [0, 0.1) is 5.82 Å². The van der Waals surface area contributed by atoms with Gasteiger partial charge in [-0.15, -0.1) is 5.10 Å². The maximum Gasteiger partial charge on any atom is 0.322 e. The highest BCUT2D eigenvalue weighted by molar-refractivity contribution is 7.89. The van der Waals surface area contributed by atoms with Gasteiger partial charge in [0.2, 0.25) is 15.9 Å². The zero-order chi connectivity index (χ0) is 20.4. The van der Waals surface area contributed by atoms with Crippen LogP contribution in [0.3, 0.4) is 0 Å². The molecule has 4 rings (SSSR count). The molecule has 1 N–H and O–H groups in total. The van der Waals surface area contributed by atoms with Gasteiger partial charge in [0.1, 0.15) is 5.82 Å². The van der Waals surface area contributed by atoms with Crippen molar-refractivity contribution >= 4 is 21.9 Å². The predicted octanol–water partition coefficient (Wildman–Crippen LogP) is 2.91. The third kappa shape index (κ3) is 4.03. The van der Waals surface area contributed by atoms with Crippen molar-refractivity contribution in [2.45, 2.75) is 17.7 Å². The molecule has 2 aromatic carbocycles. The van der Waals surface area contributed by atoms with E-state index in [1.807, 2.05) is 0 Å². The lowest BCUT2D eigenvalue weighted by Gasteiger charge is -2.15. The van der Waals surface area contributed by atoms with Gasteiger partial charge >= 0.3 is 6.01 Å². The Kier molecular flexibility index (Phi) is 5.12. The lowest BCUT2D eigenvalue weighted by atomic mass is 10.2. The van der Waals surface area contributed by atoms with E-state index in [1.54, 1.807) is 0 Å². The summed E-state index contributed by atoms with van der Waals surface area (Å²) in [5.74, 6) is -0.784. The first kappa shape index (κ1) is 19.2. The zero-order valence-electron chi connectivity index (χ0n) is 15.2. The maximum atomic E-state index is 13.0. The summed E-state index contributed by atoms with van der Waals surface area (Å²) in [4.78, 5) is 12.5. The summed E-state index contributed by atoms with van der Waals surface area (Å²) in [5.41, 5.74) is 0.753. The molecular formula is C19H17FN4O4S. The molecule has 0 radical (unpaired) electrons. The number of rotatable bonds is 5. The Hall–Kier alpha value is -3.11. The van der Waals surface area contributed by atoms with E-state index in [-0.39, 0.29) is 22.4 Å². The van der Waals surface area contributed by atoms with Gasteiger partial charge in [-0.25, -0.2) is 12.8 Å². The van der Waals surface area contributed by atoms with Crippen LogP contribution in [0.5, 0.6) is 0 Å². The molecule has 0 saturated carbocycles. The number of hydrogen-bond acceptors (Lipinski definition) is 6. The maximum absolute atomic E-state index is 13.0. The minimum atomic E-state index is -3.54. The Labute approximate surface area is 166 Å².